The molecule has 1 unspecified atom stereocenters. The summed E-state index contributed by atoms with van der Waals surface area (Å²) in [6.45, 7) is 3.62. The van der Waals surface area contributed by atoms with Crippen molar-refractivity contribution in [2.75, 3.05) is 18.0 Å². The predicted octanol–water partition coefficient (Wildman–Crippen LogP) is 0.917. The highest BCUT2D eigenvalue weighted by molar-refractivity contribution is 5.92. The van der Waals surface area contributed by atoms with Crippen molar-refractivity contribution in [3.63, 3.8) is 0 Å². The van der Waals surface area contributed by atoms with Gasteiger partial charge in [0.05, 0.1) is 6.20 Å². The number of hydrogen-bond acceptors (Lipinski definition) is 5. The molecular formula is C15H20N6O. The van der Waals surface area contributed by atoms with Gasteiger partial charge in [-0.1, -0.05) is 0 Å². The van der Waals surface area contributed by atoms with Crippen molar-refractivity contribution in [2.45, 2.75) is 25.8 Å². The number of anilines is 1. The first-order valence-corrected chi connectivity index (χ1v) is 7.46. The first-order chi connectivity index (χ1) is 10.6. The van der Waals surface area contributed by atoms with E-state index in [-0.39, 0.29) is 11.9 Å². The van der Waals surface area contributed by atoms with Gasteiger partial charge in [0.25, 0.3) is 5.91 Å². The molecule has 7 heteroatoms. The molecule has 22 heavy (non-hydrogen) atoms. The Kier molecular flexibility index (Phi) is 4.04. The predicted molar refractivity (Wildman–Crippen MR) is 82.7 cm³/mol. The van der Waals surface area contributed by atoms with Crippen LogP contribution in [0.25, 0.3) is 0 Å². The van der Waals surface area contributed by atoms with Gasteiger partial charge in [0.1, 0.15) is 11.5 Å². The Morgan fingerprint density at radius 1 is 1.41 bits per heavy atom. The van der Waals surface area contributed by atoms with Gasteiger partial charge in [-0.05, 0) is 25.8 Å². The van der Waals surface area contributed by atoms with Crippen LogP contribution in [0.3, 0.4) is 0 Å². The van der Waals surface area contributed by atoms with E-state index in [2.05, 4.69) is 25.3 Å². The van der Waals surface area contributed by atoms with E-state index in [9.17, 15) is 4.79 Å². The van der Waals surface area contributed by atoms with Crippen LogP contribution in [0.1, 0.15) is 29.0 Å². The van der Waals surface area contributed by atoms with E-state index in [0.29, 0.717) is 5.69 Å². The molecule has 0 aromatic carbocycles. The third-order valence-corrected chi connectivity index (χ3v) is 3.98. The largest absolute Gasteiger partial charge is 0.353 e. The highest BCUT2D eigenvalue weighted by Gasteiger charge is 2.23. The summed E-state index contributed by atoms with van der Waals surface area (Å²) in [4.78, 5) is 22.9. The van der Waals surface area contributed by atoms with E-state index < -0.39 is 0 Å². The highest BCUT2D eigenvalue weighted by atomic mass is 16.2. The zero-order valence-electron chi connectivity index (χ0n) is 12.9. The molecule has 1 atom stereocenters. The Morgan fingerprint density at radius 2 is 2.27 bits per heavy atom. The first kappa shape index (κ1) is 14.5. The lowest BCUT2D eigenvalue weighted by atomic mass is 10.1. The van der Waals surface area contributed by atoms with Crippen LogP contribution in [0.4, 0.5) is 5.82 Å². The molecule has 0 bridgehead atoms. The van der Waals surface area contributed by atoms with Crippen LogP contribution in [0.2, 0.25) is 0 Å². The maximum atomic E-state index is 12.3. The Balaban J connectivity index is 1.64. The number of aromatic nitrogens is 4. The van der Waals surface area contributed by atoms with Crippen LogP contribution in [-0.4, -0.2) is 44.8 Å². The molecule has 2 aromatic rings. The third-order valence-electron chi connectivity index (χ3n) is 3.98. The lowest BCUT2D eigenvalue weighted by Gasteiger charge is -2.33. The van der Waals surface area contributed by atoms with Gasteiger partial charge >= 0.3 is 0 Å². The lowest BCUT2D eigenvalue weighted by Crippen LogP contribution is -2.48. The molecule has 0 spiro atoms. The molecule has 1 aliphatic heterocycles. The summed E-state index contributed by atoms with van der Waals surface area (Å²) in [6, 6.07) is 1.91. The number of carbonyl (C=O) groups is 1. The van der Waals surface area contributed by atoms with Gasteiger partial charge in [-0.2, -0.15) is 5.10 Å². The quantitative estimate of drug-likeness (QED) is 0.912. The SMILES string of the molecule is Cc1cc(C(=O)NC2CCCN(c3cnccn3)C2)nn1C. The van der Waals surface area contributed by atoms with Gasteiger partial charge in [-0.3, -0.25) is 14.5 Å². The molecule has 1 N–H and O–H groups in total. The smallest absolute Gasteiger partial charge is 0.272 e. The lowest BCUT2D eigenvalue weighted by molar-refractivity contribution is 0.0927. The number of hydrogen-bond donors (Lipinski definition) is 1. The molecule has 3 heterocycles. The second-order valence-corrected chi connectivity index (χ2v) is 5.62. The van der Waals surface area contributed by atoms with E-state index in [4.69, 9.17) is 0 Å². The van der Waals surface area contributed by atoms with Crippen molar-refractivity contribution < 1.29 is 4.79 Å². The molecule has 1 amide bonds. The summed E-state index contributed by atoms with van der Waals surface area (Å²) in [5, 5.41) is 7.29. The van der Waals surface area contributed by atoms with Crippen molar-refractivity contribution >= 4 is 11.7 Å². The van der Waals surface area contributed by atoms with Gasteiger partial charge in [0.2, 0.25) is 0 Å². The van der Waals surface area contributed by atoms with E-state index in [0.717, 1.165) is 37.4 Å². The minimum atomic E-state index is -0.116. The second kappa shape index (κ2) is 6.13. The van der Waals surface area contributed by atoms with E-state index in [1.807, 2.05) is 14.0 Å². The zero-order chi connectivity index (χ0) is 15.5. The number of aryl methyl sites for hydroxylation is 2. The fourth-order valence-corrected chi connectivity index (χ4v) is 2.69. The standard InChI is InChI=1S/C15H20N6O/c1-11-8-13(19-20(11)2)15(22)18-12-4-3-7-21(10-12)14-9-16-5-6-17-14/h5-6,8-9,12H,3-4,7,10H2,1-2H3,(H,18,22). The van der Waals surface area contributed by atoms with Crippen LogP contribution in [0.5, 0.6) is 0 Å². The third kappa shape index (κ3) is 3.08. The summed E-state index contributed by atoms with van der Waals surface area (Å²) in [5.74, 6) is 0.741. The summed E-state index contributed by atoms with van der Waals surface area (Å²) in [7, 11) is 1.84. The van der Waals surface area contributed by atoms with Crippen LogP contribution in [-0.2, 0) is 7.05 Å². The van der Waals surface area contributed by atoms with Crippen LogP contribution in [0.15, 0.2) is 24.7 Å². The molecule has 2 aromatic heterocycles. The van der Waals surface area contributed by atoms with Gasteiger partial charge in [-0.15, -0.1) is 0 Å². The van der Waals surface area contributed by atoms with E-state index in [1.165, 1.54) is 0 Å². The van der Waals surface area contributed by atoms with Crippen LogP contribution in [0, 0.1) is 6.92 Å². The second-order valence-electron chi connectivity index (χ2n) is 5.62. The molecule has 1 aliphatic rings. The van der Waals surface area contributed by atoms with Crippen molar-refractivity contribution in [3.05, 3.63) is 36.0 Å². The van der Waals surface area contributed by atoms with Gasteiger partial charge in [0.15, 0.2) is 0 Å². The summed E-state index contributed by atoms with van der Waals surface area (Å²) in [6.07, 6.45) is 7.09. The number of rotatable bonds is 3. The molecule has 3 rings (SSSR count). The highest BCUT2D eigenvalue weighted by Crippen LogP contribution is 2.16. The zero-order valence-corrected chi connectivity index (χ0v) is 12.9. The van der Waals surface area contributed by atoms with Crippen molar-refractivity contribution in [2.24, 2.45) is 7.05 Å². The molecule has 1 fully saturated rings. The Morgan fingerprint density at radius 3 is 2.95 bits per heavy atom. The normalized spacial score (nSPS) is 18.3. The summed E-state index contributed by atoms with van der Waals surface area (Å²) >= 11 is 0. The number of carbonyl (C=O) groups excluding carboxylic acids is 1. The Labute approximate surface area is 129 Å². The van der Waals surface area contributed by atoms with Crippen LogP contribution >= 0.6 is 0 Å². The summed E-state index contributed by atoms with van der Waals surface area (Å²) in [5.41, 5.74) is 1.44. The Bertz CT molecular complexity index is 634. The van der Waals surface area contributed by atoms with Gasteiger partial charge < -0.3 is 10.2 Å². The fraction of sp³-hybridized carbons (Fsp3) is 0.467. The maximum absolute atomic E-state index is 12.3. The average molecular weight is 300 g/mol. The van der Waals surface area contributed by atoms with Crippen LogP contribution < -0.4 is 10.2 Å². The topological polar surface area (TPSA) is 75.9 Å². The molecule has 0 saturated carbocycles. The number of amides is 1. The number of nitrogens with zero attached hydrogens (tertiary/aromatic N) is 5. The first-order valence-electron chi connectivity index (χ1n) is 7.46. The Hall–Kier alpha value is -2.44. The molecule has 0 radical (unpaired) electrons. The molecule has 7 nitrogen and oxygen atoms in total. The van der Waals surface area contributed by atoms with Crippen molar-refractivity contribution in [3.8, 4) is 0 Å². The maximum Gasteiger partial charge on any atom is 0.272 e. The van der Waals surface area contributed by atoms with Gasteiger partial charge in [-0.25, -0.2) is 4.98 Å². The molecule has 116 valence electrons. The van der Waals surface area contributed by atoms with Crippen molar-refractivity contribution in [1.82, 2.24) is 25.1 Å². The monoisotopic (exact) mass is 300 g/mol. The molecule has 1 saturated heterocycles. The molecular weight excluding hydrogens is 280 g/mol. The minimum absolute atomic E-state index is 0.102. The number of piperidine rings is 1. The van der Waals surface area contributed by atoms with Gasteiger partial charge in [0, 0.05) is 44.3 Å². The van der Waals surface area contributed by atoms with E-state index >= 15 is 0 Å². The summed E-state index contributed by atoms with van der Waals surface area (Å²) < 4.78 is 1.71. The molecule has 0 aliphatic carbocycles. The average Bonchev–Trinajstić information content (AvgIpc) is 2.88. The van der Waals surface area contributed by atoms with E-state index in [1.54, 1.807) is 29.3 Å². The number of nitrogens with one attached hydrogen (secondary N) is 1. The van der Waals surface area contributed by atoms with Crippen molar-refractivity contribution in [1.29, 1.82) is 0 Å². The minimum Gasteiger partial charge on any atom is -0.353 e. The fourth-order valence-electron chi connectivity index (χ4n) is 2.69.